The van der Waals surface area contributed by atoms with Gasteiger partial charge in [0, 0.05) is 44.3 Å². The van der Waals surface area contributed by atoms with E-state index in [1.807, 2.05) is 37.3 Å². The molecule has 0 aromatic heterocycles. The van der Waals surface area contributed by atoms with Gasteiger partial charge in [-0.25, -0.2) is 0 Å². The Bertz CT molecular complexity index is 963. The summed E-state index contributed by atoms with van der Waals surface area (Å²) in [6.45, 7) is 5.23. The third-order valence-corrected chi connectivity index (χ3v) is 5.94. The zero-order valence-corrected chi connectivity index (χ0v) is 19.3. The quantitative estimate of drug-likeness (QED) is 0.628. The molecule has 7 nitrogen and oxygen atoms in total. The van der Waals surface area contributed by atoms with Gasteiger partial charge in [0.25, 0.3) is 5.91 Å². The first-order valence-electron chi connectivity index (χ1n) is 10.5. The van der Waals surface area contributed by atoms with Crippen LogP contribution in [0.25, 0.3) is 0 Å². The van der Waals surface area contributed by atoms with E-state index in [2.05, 4.69) is 15.5 Å². The van der Waals surface area contributed by atoms with Crippen molar-refractivity contribution in [2.24, 2.45) is 0 Å². The van der Waals surface area contributed by atoms with Crippen molar-refractivity contribution in [3.05, 3.63) is 69.7 Å². The number of benzene rings is 2. The maximum Gasteiger partial charge on any atom is 0.309 e. The van der Waals surface area contributed by atoms with Gasteiger partial charge in [0.15, 0.2) is 0 Å². The smallest absolute Gasteiger partial charge is 0.309 e. The van der Waals surface area contributed by atoms with Crippen LogP contribution in [0.4, 0.5) is 0 Å². The third-order valence-electron chi connectivity index (χ3n) is 5.39. The average Bonchev–Trinajstić information content (AvgIpc) is 2.79. The molecule has 3 rings (SSSR count). The first kappa shape index (κ1) is 24.0. The van der Waals surface area contributed by atoms with E-state index in [1.165, 1.54) is 0 Å². The summed E-state index contributed by atoms with van der Waals surface area (Å²) >= 11 is 12.0. The molecule has 0 bridgehead atoms. The number of piperazine rings is 1. The van der Waals surface area contributed by atoms with Gasteiger partial charge in [-0.3, -0.25) is 19.3 Å². The summed E-state index contributed by atoms with van der Waals surface area (Å²) in [5, 5.41) is 6.18. The maximum absolute atomic E-state index is 12.7. The van der Waals surface area contributed by atoms with Crippen LogP contribution >= 0.6 is 23.2 Å². The zero-order valence-electron chi connectivity index (χ0n) is 17.8. The molecule has 0 saturated carbocycles. The molecule has 2 aromatic carbocycles. The molecular weight excluding hydrogens is 451 g/mol. The largest absolute Gasteiger partial charge is 0.347 e. The molecule has 3 amide bonds. The van der Waals surface area contributed by atoms with Crippen LogP contribution in [-0.4, -0.2) is 66.8 Å². The highest BCUT2D eigenvalue weighted by molar-refractivity contribution is 6.36. The summed E-state index contributed by atoms with van der Waals surface area (Å²) < 4.78 is 0. The maximum atomic E-state index is 12.7. The zero-order chi connectivity index (χ0) is 23.1. The van der Waals surface area contributed by atoms with E-state index >= 15 is 0 Å². The van der Waals surface area contributed by atoms with Crippen LogP contribution in [0.1, 0.15) is 28.9 Å². The second-order valence-electron chi connectivity index (χ2n) is 7.62. The van der Waals surface area contributed by atoms with E-state index < -0.39 is 11.8 Å². The lowest BCUT2D eigenvalue weighted by Gasteiger charge is -2.34. The Morgan fingerprint density at radius 2 is 1.66 bits per heavy atom. The van der Waals surface area contributed by atoms with E-state index in [0.717, 1.165) is 5.56 Å². The first-order valence-corrected chi connectivity index (χ1v) is 11.2. The monoisotopic (exact) mass is 476 g/mol. The van der Waals surface area contributed by atoms with Crippen molar-refractivity contribution in [3.63, 3.8) is 0 Å². The lowest BCUT2D eigenvalue weighted by molar-refractivity contribution is -0.139. The van der Waals surface area contributed by atoms with Gasteiger partial charge in [-0.2, -0.15) is 0 Å². The van der Waals surface area contributed by atoms with E-state index in [1.54, 1.807) is 23.1 Å². The summed E-state index contributed by atoms with van der Waals surface area (Å²) in [7, 11) is 0. The fraction of sp³-hybridized carbons (Fsp3) is 0.348. The van der Waals surface area contributed by atoms with Crippen molar-refractivity contribution in [2.45, 2.75) is 13.0 Å². The van der Waals surface area contributed by atoms with E-state index in [-0.39, 0.29) is 11.9 Å². The number of amides is 3. The van der Waals surface area contributed by atoms with Gasteiger partial charge in [0.2, 0.25) is 0 Å². The minimum absolute atomic E-state index is 0.121. The van der Waals surface area contributed by atoms with Crippen molar-refractivity contribution < 1.29 is 14.4 Å². The molecule has 1 saturated heterocycles. The summed E-state index contributed by atoms with van der Waals surface area (Å²) in [5.74, 6) is -1.43. The van der Waals surface area contributed by atoms with Crippen LogP contribution in [-0.2, 0) is 9.59 Å². The van der Waals surface area contributed by atoms with Gasteiger partial charge in [-0.05, 0) is 30.7 Å². The molecule has 9 heteroatoms. The second kappa shape index (κ2) is 11.3. The molecule has 1 aliphatic rings. The molecule has 1 fully saturated rings. The Balaban J connectivity index is 1.38. The standard InChI is InChI=1S/C23H26Cl2N4O3/c1-16(17-5-3-2-4-6-17)27-22(31)21(30)26-9-10-28-11-13-29(14-12-28)23(32)19-8-7-18(24)15-20(19)25/h2-8,15-16H,9-14H2,1H3,(H,26,30)(H,27,31)/t16-/m0/s1. The van der Waals surface area contributed by atoms with Crippen LogP contribution in [0.15, 0.2) is 48.5 Å². The van der Waals surface area contributed by atoms with Crippen LogP contribution in [0.2, 0.25) is 10.0 Å². The summed E-state index contributed by atoms with van der Waals surface area (Å²) in [5.41, 5.74) is 1.37. The van der Waals surface area contributed by atoms with Crippen LogP contribution in [0.3, 0.4) is 0 Å². The average molecular weight is 477 g/mol. The molecule has 0 aliphatic carbocycles. The van der Waals surface area contributed by atoms with E-state index in [0.29, 0.717) is 54.9 Å². The molecule has 0 unspecified atom stereocenters. The van der Waals surface area contributed by atoms with Gasteiger partial charge in [-0.15, -0.1) is 0 Å². The molecule has 32 heavy (non-hydrogen) atoms. The second-order valence-corrected chi connectivity index (χ2v) is 8.46. The number of hydrogen-bond donors (Lipinski definition) is 2. The Kier molecular flexibility index (Phi) is 8.50. The molecular formula is C23H26Cl2N4O3. The number of nitrogens with one attached hydrogen (secondary N) is 2. The number of nitrogens with zero attached hydrogens (tertiary/aromatic N) is 2. The molecule has 0 spiro atoms. The highest BCUT2D eigenvalue weighted by atomic mass is 35.5. The summed E-state index contributed by atoms with van der Waals surface area (Å²) in [4.78, 5) is 40.8. The molecule has 1 atom stereocenters. The predicted octanol–water partition coefficient (Wildman–Crippen LogP) is 2.74. The van der Waals surface area contributed by atoms with Gasteiger partial charge in [0.1, 0.15) is 0 Å². The number of carbonyl (C=O) groups is 3. The van der Waals surface area contributed by atoms with Crippen molar-refractivity contribution in [2.75, 3.05) is 39.3 Å². The molecule has 0 radical (unpaired) electrons. The SMILES string of the molecule is C[C@H](NC(=O)C(=O)NCCN1CCN(C(=O)c2ccc(Cl)cc2Cl)CC1)c1ccccc1. The van der Waals surface area contributed by atoms with Gasteiger partial charge in [0.05, 0.1) is 16.6 Å². The minimum atomic E-state index is -0.656. The number of carbonyl (C=O) groups excluding carboxylic acids is 3. The van der Waals surface area contributed by atoms with Crippen molar-refractivity contribution in [3.8, 4) is 0 Å². The molecule has 1 aliphatic heterocycles. The summed E-state index contributed by atoms with van der Waals surface area (Å²) in [6, 6.07) is 14.1. The lowest BCUT2D eigenvalue weighted by atomic mass is 10.1. The Morgan fingerprint density at radius 3 is 2.31 bits per heavy atom. The van der Waals surface area contributed by atoms with Crippen LogP contribution in [0, 0.1) is 0 Å². The Morgan fingerprint density at radius 1 is 0.969 bits per heavy atom. The van der Waals surface area contributed by atoms with Crippen molar-refractivity contribution in [1.29, 1.82) is 0 Å². The van der Waals surface area contributed by atoms with Crippen LogP contribution in [0.5, 0.6) is 0 Å². The molecule has 2 aromatic rings. The van der Waals surface area contributed by atoms with E-state index in [4.69, 9.17) is 23.2 Å². The lowest BCUT2D eigenvalue weighted by Crippen LogP contribution is -2.51. The normalized spacial score (nSPS) is 15.2. The van der Waals surface area contributed by atoms with E-state index in [9.17, 15) is 14.4 Å². The molecule has 2 N–H and O–H groups in total. The minimum Gasteiger partial charge on any atom is -0.347 e. The van der Waals surface area contributed by atoms with Crippen molar-refractivity contribution in [1.82, 2.24) is 20.4 Å². The highest BCUT2D eigenvalue weighted by Crippen LogP contribution is 2.22. The number of rotatable bonds is 6. The number of hydrogen-bond acceptors (Lipinski definition) is 4. The molecule has 170 valence electrons. The fourth-order valence-electron chi connectivity index (χ4n) is 3.50. The predicted molar refractivity (Wildman–Crippen MR) is 125 cm³/mol. The molecule has 1 heterocycles. The Labute approximate surface area is 197 Å². The highest BCUT2D eigenvalue weighted by Gasteiger charge is 2.24. The van der Waals surface area contributed by atoms with Gasteiger partial charge < -0.3 is 15.5 Å². The summed E-state index contributed by atoms with van der Waals surface area (Å²) in [6.07, 6.45) is 0. The number of halogens is 2. The third kappa shape index (κ3) is 6.45. The van der Waals surface area contributed by atoms with Gasteiger partial charge >= 0.3 is 11.8 Å². The van der Waals surface area contributed by atoms with Crippen molar-refractivity contribution >= 4 is 40.9 Å². The van der Waals surface area contributed by atoms with Gasteiger partial charge in [-0.1, -0.05) is 53.5 Å². The first-order chi connectivity index (χ1) is 15.3. The topological polar surface area (TPSA) is 81.8 Å². The van der Waals surface area contributed by atoms with Crippen LogP contribution < -0.4 is 10.6 Å². The Hall–Kier alpha value is -2.61. The fourth-order valence-corrected chi connectivity index (χ4v) is 3.99.